The Balaban J connectivity index is 1.63. The Morgan fingerprint density at radius 2 is 1.78 bits per heavy atom. The summed E-state index contributed by atoms with van der Waals surface area (Å²) >= 11 is 0. The van der Waals surface area contributed by atoms with Crippen LogP contribution in [0.3, 0.4) is 0 Å². The maximum Gasteiger partial charge on any atom is 0.294 e. The molecule has 5 rings (SSSR count). The van der Waals surface area contributed by atoms with E-state index < -0.39 is 23.5 Å². The van der Waals surface area contributed by atoms with Crippen molar-refractivity contribution in [1.29, 1.82) is 0 Å². The first kappa shape index (κ1) is 23.2. The number of rotatable bonds is 8. The highest BCUT2D eigenvalue weighted by atomic mass is 16.5. The van der Waals surface area contributed by atoms with Crippen molar-refractivity contribution < 1.29 is 28.6 Å². The number of Topliss-reactive ketones (excluding diaryl/α,β-unsaturated/α-hetero) is 1. The van der Waals surface area contributed by atoms with Gasteiger partial charge in [0.05, 0.1) is 25.3 Å². The third-order valence-electron chi connectivity index (χ3n) is 6.10. The molecule has 7 nitrogen and oxygen atoms in total. The van der Waals surface area contributed by atoms with Crippen LogP contribution in [0.4, 0.5) is 5.69 Å². The molecule has 4 aromatic rings. The Kier molecular flexibility index (Phi) is 6.21. The van der Waals surface area contributed by atoms with Crippen LogP contribution in [0, 0.1) is 0 Å². The molecule has 3 aromatic carbocycles. The lowest BCUT2D eigenvalue weighted by Gasteiger charge is -2.27. The quantitative estimate of drug-likeness (QED) is 0.309. The summed E-state index contributed by atoms with van der Waals surface area (Å²) in [4.78, 5) is 28.5. The minimum absolute atomic E-state index is 0.0468. The van der Waals surface area contributed by atoms with Gasteiger partial charge in [-0.15, -0.1) is 0 Å². The van der Waals surface area contributed by atoms with Crippen LogP contribution in [0.5, 0.6) is 11.5 Å². The average Bonchev–Trinajstić information content (AvgIpc) is 3.46. The van der Waals surface area contributed by atoms with Gasteiger partial charge in [0.15, 0.2) is 11.5 Å². The summed E-state index contributed by atoms with van der Waals surface area (Å²) in [6.45, 7) is 2.54. The molecule has 36 heavy (non-hydrogen) atoms. The van der Waals surface area contributed by atoms with Crippen LogP contribution in [-0.4, -0.2) is 30.5 Å². The first-order chi connectivity index (χ1) is 17.5. The second-order valence-electron chi connectivity index (χ2n) is 8.44. The van der Waals surface area contributed by atoms with Crippen LogP contribution in [0.2, 0.25) is 0 Å². The predicted molar refractivity (Wildman–Crippen MR) is 136 cm³/mol. The average molecular weight is 484 g/mol. The first-order valence-electron chi connectivity index (χ1n) is 11.7. The van der Waals surface area contributed by atoms with Crippen LogP contribution in [0.1, 0.15) is 35.5 Å². The second kappa shape index (κ2) is 9.62. The molecule has 0 fully saturated rings. The number of ether oxygens (including phenoxy) is 2. The van der Waals surface area contributed by atoms with Crippen LogP contribution in [0.15, 0.2) is 94.6 Å². The van der Waals surface area contributed by atoms with Crippen molar-refractivity contribution in [2.45, 2.75) is 19.4 Å². The number of fused-ring (bicyclic) bond motifs is 1. The zero-order chi connectivity index (χ0) is 25.2. The van der Waals surface area contributed by atoms with E-state index in [-0.39, 0.29) is 11.3 Å². The largest absolute Gasteiger partial charge is 0.503 e. The van der Waals surface area contributed by atoms with Crippen LogP contribution in [-0.2, 0) is 4.79 Å². The van der Waals surface area contributed by atoms with Gasteiger partial charge in [0, 0.05) is 11.1 Å². The molecule has 1 atom stereocenters. The van der Waals surface area contributed by atoms with Gasteiger partial charge in [0.2, 0.25) is 5.78 Å². The van der Waals surface area contributed by atoms with Gasteiger partial charge in [-0.2, -0.15) is 0 Å². The summed E-state index contributed by atoms with van der Waals surface area (Å²) in [7, 11) is 1.55. The molecule has 1 aliphatic rings. The minimum atomic E-state index is -0.892. The number of hydrogen-bond donors (Lipinski definition) is 1. The SMILES string of the molecule is CCCOc1cccc(C2C(C(=O)c3cc4ccccc4o3)=C(O)C(=O)N2c2ccc(OC)cc2)c1. The molecule has 2 heterocycles. The number of amides is 1. The maximum atomic E-state index is 13.7. The van der Waals surface area contributed by atoms with Crippen LogP contribution in [0.25, 0.3) is 11.0 Å². The highest BCUT2D eigenvalue weighted by molar-refractivity contribution is 6.20. The van der Waals surface area contributed by atoms with Gasteiger partial charge in [-0.25, -0.2) is 0 Å². The van der Waals surface area contributed by atoms with Gasteiger partial charge in [-0.1, -0.05) is 37.3 Å². The molecule has 0 aliphatic carbocycles. The number of aliphatic hydroxyl groups is 1. The zero-order valence-electron chi connectivity index (χ0n) is 19.9. The standard InChI is InChI=1S/C29H25NO6/c1-3-15-35-22-9-6-8-19(16-22)26-25(27(31)24-17-18-7-4-5-10-23(18)36-24)28(32)29(33)30(26)20-11-13-21(34-2)14-12-20/h4-14,16-17,26,32H,3,15H2,1-2H3. The molecule has 1 aromatic heterocycles. The van der Waals surface area contributed by atoms with E-state index in [0.717, 1.165) is 11.8 Å². The topological polar surface area (TPSA) is 89.2 Å². The molecule has 1 N–H and O–H groups in total. The number of benzene rings is 3. The lowest BCUT2D eigenvalue weighted by molar-refractivity contribution is -0.117. The van der Waals surface area contributed by atoms with Gasteiger partial charge in [0.25, 0.3) is 5.91 Å². The number of anilines is 1. The maximum absolute atomic E-state index is 13.7. The first-order valence-corrected chi connectivity index (χ1v) is 11.7. The molecule has 0 saturated heterocycles. The number of nitrogens with zero attached hydrogens (tertiary/aromatic N) is 1. The summed E-state index contributed by atoms with van der Waals surface area (Å²) in [6.07, 6.45) is 0.834. The highest BCUT2D eigenvalue weighted by Crippen LogP contribution is 2.43. The second-order valence-corrected chi connectivity index (χ2v) is 8.44. The van der Waals surface area contributed by atoms with Crippen molar-refractivity contribution >= 4 is 28.3 Å². The van der Waals surface area contributed by atoms with E-state index in [2.05, 4.69) is 0 Å². The number of carbonyl (C=O) groups is 2. The van der Waals surface area contributed by atoms with Gasteiger partial charge in [-0.3, -0.25) is 14.5 Å². The molecule has 1 unspecified atom stereocenters. The number of para-hydroxylation sites is 1. The normalized spacial score (nSPS) is 15.6. The Morgan fingerprint density at radius 1 is 1.00 bits per heavy atom. The van der Waals surface area contributed by atoms with Gasteiger partial charge in [0.1, 0.15) is 17.1 Å². The van der Waals surface area contributed by atoms with Crippen molar-refractivity contribution in [3.05, 3.63) is 102 Å². The van der Waals surface area contributed by atoms with E-state index >= 15 is 0 Å². The zero-order valence-corrected chi connectivity index (χ0v) is 19.9. The molecule has 0 saturated carbocycles. The summed E-state index contributed by atoms with van der Waals surface area (Å²) in [6, 6.07) is 22.0. The predicted octanol–water partition coefficient (Wildman–Crippen LogP) is 6.01. The Morgan fingerprint density at radius 3 is 2.50 bits per heavy atom. The van der Waals surface area contributed by atoms with Crippen molar-refractivity contribution in [2.75, 3.05) is 18.6 Å². The van der Waals surface area contributed by atoms with E-state index in [1.807, 2.05) is 31.2 Å². The monoisotopic (exact) mass is 483 g/mol. The third kappa shape index (κ3) is 4.09. The summed E-state index contributed by atoms with van der Waals surface area (Å²) in [5, 5.41) is 11.8. The number of ketones is 1. The van der Waals surface area contributed by atoms with E-state index in [0.29, 0.717) is 34.9 Å². The van der Waals surface area contributed by atoms with Crippen molar-refractivity contribution in [3.63, 3.8) is 0 Å². The summed E-state index contributed by atoms with van der Waals surface area (Å²) in [5.74, 6) is -0.569. The highest BCUT2D eigenvalue weighted by Gasteiger charge is 2.45. The molecule has 7 heteroatoms. The number of aliphatic hydroxyl groups excluding tert-OH is 1. The number of methoxy groups -OCH3 is 1. The van der Waals surface area contributed by atoms with E-state index in [4.69, 9.17) is 13.9 Å². The Bertz CT molecular complexity index is 1430. The lowest BCUT2D eigenvalue weighted by atomic mass is 9.94. The molecular formula is C29H25NO6. The number of carbonyl (C=O) groups excluding carboxylic acids is 2. The Hall–Kier alpha value is -4.52. The fourth-order valence-electron chi connectivity index (χ4n) is 4.38. The Labute approximate surface area is 208 Å². The van der Waals surface area contributed by atoms with Gasteiger partial charge < -0.3 is 19.0 Å². The fourth-order valence-corrected chi connectivity index (χ4v) is 4.38. The van der Waals surface area contributed by atoms with Crippen LogP contribution < -0.4 is 14.4 Å². The smallest absolute Gasteiger partial charge is 0.294 e. The molecule has 1 aliphatic heterocycles. The van der Waals surface area contributed by atoms with Gasteiger partial charge >= 0.3 is 0 Å². The van der Waals surface area contributed by atoms with Crippen LogP contribution >= 0.6 is 0 Å². The summed E-state index contributed by atoms with van der Waals surface area (Å²) < 4.78 is 16.8. The van der Waals surface area contributed by atoms with Crippen molar-refractivity contribution in [3.8, 4) is 11.5 Å². The number of hydrogen-bond acceptors (Lipinski definition) is 6. The van der Waals surface area contributed by atoms with E-state index in [1.54, 1.807) is 61.7 Å². The van der Waals surface area contributed by atoms with Gasteiger partial charge in [-0.05, 0) is 60.5 Å². The van der Waals surface area contributed by atoms with Crippen molar-refractivity contribution in [1.82, 2.24) is 0 Å². The molecule has 0 spiro atoms. The lowest BCUT2D eigenvalue weighted by Crippen LogP contribution is -2.31. The molecule has 1 amide bonds. The molecule has 182 valence electrons. The molecule has 0 radical (unpaired) electrons. The third-order valence-corrected chi connectivity index (χ3v) is 6.10. The fraction of sp³-hybridized carbons (Fsp3) is 0.172. The molecule has 0 bridgehead atoms. The minimum Gasteiger partial charge on any atom is -0.503 e. The number of furan rings is 1. The summed E-state index contributed by atoms with van der Waals surface area (Å²) in [5.41, 5.74) is 1.62. The van der Waals surface area contributed by atoms with Crippen molar-refractivity contribution in [2.24, 2.45) is 0 Å². The molecular weight excluding hydrogens is 458 g/mol. The van der Waals surface area contributed by atoms with E-state index in [9.17, 15) is 14.7 Å². The van der Waals surface area contributed by atoms with E-state index in [1.165, 1.54) is 4.90 Å².